The molecule has 3 heterocycles. The lowest BCUT2D eigenvalue weighted by Gasteiger charge is -2.34. The molecule has 2 aromatic heterocycles. The van der Waals surface area contributed by atoms with Gasteiger partial charge in [-0.1, -0.05) is 6.07 Å². The normalized spacial score (nSPS) is 17.0. The molecule has 1 aliphatic heterocycles. The minimum absolute atomic E-state index is 0.315. The van der Waals surface area contributed by atoms with Gasteiger partial charge in [-0.25, -0.2) is 9.78 Å². The van der Waals surface area contributed by atoms with E-state index in [1.807, 2.05) is 22.7 Å². The van der Waals surface area contributed by atoms with Gasteiger partial charge < -0.3 is 9.64 Å². The molecule has 0 atom stereocenters. The van der Waals surface area contributed by atoms with Gasteiger partial charge in [0.15, 0.2) is 0 Å². The largest absolute Gasteiger partial charge is 0.464 e. The highest BCUT2D eigenvalue weighted by Crippen LogP contribution is 2.23. The number of pyridine rings is 1. The number of ether oxygens (including phenoxy) is 1. The van der Waals surface area contributed by atoms with Gasteiger partial charge in [-0.15, -0.1) is 0 Å². The van der Waals surface area contributed by atoms with E-state index in [0.29, 0.717) is 17.7 Å². The van der Waals surface area contributed by atoms with Crippen molar-refractivity contribution in [1.82, 2.24) is 14.3 Å². The zero-order valence-electron chi connectivity index (χ0n) is 14.2. The fraction of sp³-hybridized carbons (Fsp3) is 0.556. The Hall–Kier alpha value is -1.88. The van der Waals surface area contributed by atoms with Crippen molar-refractivity contribution in [2.75, 3.05) is 20.2 Å². The van der Waals surface area contributed by atoms with Crippen LogP contribution in [-0.2, 0) is 11.2 Å². The van der Waals surface area contributed by atoms with Gasteiger partial charge in [0.1, 0.15) is 11.5 Å². The van der Waals surface area contributed by atoms with Crippen LogP contribution in [0.5, 0.6) is 0 Å². The molecule has 3 rings (SSSR count). The van der Waals surface area contributed by atoms with Gasteiger partial charge in [-0.05, 0) is 57.8 Å². The van der Waals surface area contributed by atoms with Gasteiger partial charge in [0, 0.05) is 12.5 Å². The van der Waals surface area contributed by atoms with Gasteiger partial charge in [-0.3, -0.25) is 4.40 Å². The van der Waals surface area contributed by atoms with E-state index in [2.05, 4.69) is 23.7 Å². The molecule has 0 bridgehead atoms. The summed E-state index contributed by atoms with van der Waals surface area (Å²) >= 11 is 0. The number of hydrogen-bond acceptors (Lipinski definition) is 4. The Morgan fingerprint density at radius 1 is 1.35 bits per heavy atom. The molecule has 0 amide bonds. The Kier molecular flexibility index (Phi) is 4.66. The topological polar surface area (TPSA) is 46.8 Å². The van der Waals surface area contributed by atoms with Crippen LogP contribution in [0.1, 0.15) is 43.0 Å². The molecule has 5 heteroatoms. The zero-order chi connectivity index (χ0) is 16.4. The summed E-state index contributed by atoms with van der Waals surface area (Å²) in [5, 5.41) is 0. The van der Waals surface area contributed by atoms with Crippen LogP contribution in [-0.4, -0.2) is 46.5 Å². The average molecular weight is 315 g/mol. The molecule has 0 N–H and O–H groups in total. The molecule has 5 nitrogen and oxygen atoms in total. The van der Waals surface area contributed by atoms with Gasteiger partial charge in [0.05, 0.1) is 18.8 Å². The fourth-order valence-electron chi connectivity index (χ4n) is 3.45. The Morgan fingerprint density at radius 2 is 2.09 bits per heavy atom. The van der Waals surface area contributed by atoms with Gasteiger partial charge in [-0.2, -0.15) is 0 Å². The maximum Gasteiger partial charge on any atom is 0.355 e. The first-order valence-corrected chi connectivity index (χ1v) is 8.38. The summed E-state index contributed by atoms with van der Waals surface area (Å²) in [4.78, 5) is 19.1. The molecule has 0 radical (unpaired) electrons. The number of aromatic nitrogens is 2. The van der Waals surface area contributed by atoms with E-state index in [1.165, 1.54) is 20.0 Å². The lowest BCUT2D eigenvalue weighted by atomic mass is 9.92. The smallest absolute Gasteiger partial charge is 0.355 e. The number of rotatable bonds is 4. The minimum atomic E-state index is -0.315. The maximum absolute atomic E-state index is 12.0. The maximum atomic E-state index is 12.0. The quantitative estimate of drug-likeness (QED) is 0.814. The number of methoxy groups -OCH3 is 1. The molecule has 0 unspecified atom stereocenters. The molecule has 23 heavy (non-hydrogen) atoms. The van der Waals surface area contributed by atoms with E-state index in [1.54, 1.807) is 6.07 Å². The first kappa shape index (κ1) is 16.0. The second-order valence-electron chi connectivity index (χ2n) is 6.61. The number of imidazole rings is 1. The van der Waals surface area contributed by atoms with Gasteiger partial charge in [0.25, 0.3) is 0 Å². The van der Waals surface area contributed by atoms with Crippen molar-refractivity contribution in [3.8, 4) is 0 Å². The SMILES string of the molecule is COC(=O)c1cccc2cnc(CC3CCN(C(C)C)CC3)n12. The molecular formula is C18H25N3O2. The van der Waals surface area contributed by atoms with Crippen LogP contribution < -0.4 is 0 Å². The van der Waals surface area contributed by atoms with E-state index < -0.39 is 0 Å². The molecule has 1 aliphatic rings. The highest BCUT2D eigenvalue weighted by Gasteiger charge is 2.23. The van der Waals surface area contributed by atoms with Crippen LogP contribution in [0, 0.1) is 5.92 Å². The molecular weight excluding hydrogens is 290 g/mol. The predicted molar refractivity (Wildman–Crippen MR) is 89.7 cm³/mol. The second kappa shape index (κ2) is 6.71. The van der Waals surface area contributed by atoms with Crippen molar-refractivity contribution in [2.24, 2.45) is 5.92 Å². The summed E-state index contributed by atoms with van der Waals surface area (Å²) in [6.45, 7) is 6.81. The number of fused-ring (bicyclic) bond motifs is 1. The standard InChI is InChI=1S/C18H25N3O2/c1-13(2)20-9-7-14(8-10-20)11-17-19-12-15-5-4-6-16(21(15)17)18(22)23-3/h4-6,12-14H,7-11H2,1-3H3. The van der Waals surface area contributed by atoms with Crippen molar-refractivity contribution < 1.29 is 9.53 Å². The third-order valence-corrected chi connectivity index (χ3v) is 4.87. The third kappa shape index (κ3) is 3.24. The summed E-state index contributed by atoms with van der Waals surface area (Å²) in [6, 6.07) is 6.26. The molecule has 0 aromatic carbocycles. The number of piperidine rings is 1. The number of esters is 1. The van der Waals surface area contributed by atoms with E-state index >= 15 is 0 Å². The number of hydrogen-bond donors (Lipinski definition) is 0. The molecule has 0 aliphatic carbocycles. The van der Waals surface area contributed by atoms with Crippen LogP contribution in [0.2, 0.25) is 0 Å². The second-order valence-corrected chi connectivity index (χ2v) is 6.61. The highest BCUT2D eigenvalue weighted by atomic mass is 16.5. The average Bonchev–Trinajstić information content (AvgIpc) is 2.97. The number of carbonyl (C=O) groups excluding carboxylic acids is 1. The Labute approximate surface area is 137 Å². The molecule has 1 saturated heterocycles. The van der Waals surface area contributed by atoms with Crippen LogP contribution in [0.3, 0.4) is 0 Å². The van der Waals surface area contributed by atoms with E-state index in [0.717, 1.165) is 30.9 Å². The third-order valence-electron chi connectivity index (χ3n) is 4.87. The summed E-state index contributed by atoms with van der Waals surface area (Å²) in [5.41, 5.74) is 1.50. The monoisotopic (exact) mass is 315 g/mol. The minimum Gasteiger partial charge on any atom is -0.464 e. The fourth-order valence-corrected chi connectivity index (χ4v) is 3.45. The van der Waals surface area contributed by atoms with E-state index in [9.17, 15) is 4.79 Å². The Bertz CT molecular complexity index is 685. The van der Waals surface area contributed by atoms with Crippen LogP contribution in [0.4, 0.5) is 0 Å². The van der Waals surface area contributed by atoms with E-state index in [-0.39, 0.29) is 5.97 Å². The molecule has 2 aromatic rings. The van der Waals surface area contributed by atoms with Gasteiger partial charge >= 0.3 is 5.97 Å². The van der Waals surface area contributed by atoms with E-state index in [4.69, 9.17) is 4.74 Å². The molecule has 0 saturated carbocycles. The lowest BCUT2D eigenvalue weighted by Crippen LogP contribution is -2.39. The summed E-state index contributed by atoms with van der Waals surface area (Å²) in [7, 11) is 1.42. The molecule has 124 valence electrons. The predicted octanol–water partition coefficient (Wildman–Crippen LogP) is 2.78. The highest BCUT2D eigenvalue weighted by molar-refractivity contribution is 5.88. The summed E-state index contributed by atoms with van der Waals surface area (Å²) < 4.78 is 6.85. The van der Waals surface area contributed by atoms with Crippen LogP contribution in [0.25, 0.3) is 5.52 Å². The van der Waals surface area contributed by atoms with Crippen LogP contribution >= 0.6 is 0 Å². The van der Waals surface area contributed by atoms with Gasteiger partial charge in [0.2, 0.25) is 0 Å². The molecule has 0 spiro atoms. The summed E-state index contributed by atoms with van der Waals surface area (Å²) in [5.74, 6) is 1.27. The Morgan fingerprint density at radius 3 is 2.74 bits per heavy atom. The van der Waals surface area contributed by atoms with Crippen molar-refractivity contribution in [1.29, 1.82) is 0 Å². The van der Waals surface area contributed by atoms with Crippen molar-refractivity contribution in [3.05, 3.63) is 35.9 Å². The number of nitrogens with zero attached hydrogens (tertiary/aromatic N) is 3. The van der Waals surface area contributed by atoms with Crippen molar-refractivity contribution in [3.63, 3.8) is 0 Å². The lowest BCUT2D eigenvalue weighted by molar-refractivity contribution is 0.0591. The van der Waals surface area contributed by atoms with Crippen molar-refractivity contribution >= 4 is 11.5 Å². The van der Waals surface area contributed by atoms with Crippen LogP contribution in [0.15, 0.2) is 24.4 Å². The Balaban J connectivity index is 1.80. The number of likely N-dealkylation sites (tertiary alicyclic amines) is 1. The first-order valence-electron chi connectivity index (χ1n) is 8.38. The first-order chi connectivity index (χ1) is 11.1. The zero-order valence-corrected chi connectivity index (χ0v) is 14.2. The number of carbonyl (C=O) groups is 1. The molecule has 1 fully saturated rings. The van der Waals surface area contributed by atoms with Crippen molar-refractivity contribution in [2.45, 2.75) is 39.2 Å². The summed E-state index contributed by atoms with van der Waals surface area (Å²) in [6.07, 6.45) is 5.13.